The maximum absolute atomic E-state index is 2.52. The van der Waals surface area contributed by atoms with Gasteiger partial charge >= 0.3 is 0 Å². The zero-order valence-corrected chi connectivity index (χ0v) is 38.6. The maximum atomic E-state index is 2.52. The van der Waals surface area contributed by atoms with Crippen LogP contribution in [0, 0.1) is 11.8 Å². The van der Waals surface area contributed by atoms with Gasteiger partial charge in [0, 0.05) is 17.3 Å². The third kappa shape index (κ3) is 10.2. The van der Waals surface area contributed by atoms with E-state index in [-0.39, 0.29) is 6.04 Å². The average Bonchev–Trinajstić information content (AvgIpc) is 3.40. The van der Waals surface area contributed by atoms with E-state index in [1.165, 1.54) is 73.5 Å². The number of hydrogen-bond donors (Lipinski definition) is 0. The van der Waals surface area contributed by atoms with E-state index in [9.17, 15) is 0 Å². The zero-order valence-electron chi connectivity index (χ0n) is 38.6. The van der Waals surface area contributed by atoms with E-state index in [1.54, 1.807) is 11.1 Å². The average molecular weight is 858 g/mol. The first kappa shape index (κ1) is 43.2. The van der Waals surface area contributed by atoms with Crippen LogP contribution in [-0.4, -0.2) is 6.04 Å². The maximum Gasteiger partial charge on any atom is 0.0560 e. The van der Waals surface area contributed by atoms with Gasteiger partial charge in [0.1, 0.15) is 0 Å². The zero-order chi connectivity index (χ0) is 44.5. The third-order valence-electron chi connectivity index (χ3n) is 14.5. The molecule has 5 aliphatic carbocycles. The Kier molecular flexibility index (Phi) is 13.5. The van der Waals surface area contributed by atoms with Gasteiger partial charge in [-0.05, 0) is 156 Å². The molecular weight excluding hydrogens is 795 g/mol. The molecule has 0 amide bonds. The molecule has 0 spiro atoms. The van der Waals surface area contributed by atoms with Crippen molar-refractivity contribution in [2.75, 3.05) is 4.90 Å². The molecule has 0 bridgehead atoms. The lowest BCUT2D eigenvalue weighted by atomic mass is 9.75. The highest BCUT2D eigenvalue weighted by molar-refractivity contribution is 5.77. The molecule has 0 saturated heterocycles. The monoisotopic (exact) mass is 857 g/mol. The van der Waals surface area contributed by atoms with Gasteiger partial charge in [0.15, 0.2) is 0 Å². The minimum absolute atomic E-state index is 0.220. The Labute approximate surface area is 394 Å². The Hall–Kier alpha value is -6.70. The molecule has 0 fully saturated rings. The van der Waals surface area contributed by atoms with Gasteiger partial charge < -0.3 is 4.90 Å². The molecule has 0 radical (unpaired) electrons. The Morgan fingerprint density at radius 1 is 0.545 bits per heavy atom. The fourth-order valence-corrected chi connectivity index (χ4v) is 10.7. The van der Waals surface area contributed by atoms with Crippen LogP contribution in [-0.2, 0) is 6.42 Å². The second-order valence-electron chi connectivity index (χ2n) is 18.9. The predicted octanol–water partition coefficient (Wildman–Crippen LogP) is 17.6. The molecular formula is C65H63N. The highest BCUT2D eigenvalue weighted by Crippen LogP contribution is 2.40. The summed E-state index contributed by atoms with van der Waals surface area (Å²) in [5.74, 6) is 1.36. The summed E-state index contributed by atoms with van der Waals surface area (Å²) >= 11 is 0. The number of rotatable bonds is 14. The fourth-order valence-electron chi connectivity index (χ4n) is 10.7. The van der Waals surface area contributed by atoms with Crippen LogP contribution in [0.4, 0.5) is 11.4 Å². The number of allylic oxidation sites excluding steroid dienone is 18. The molecule has 328 valence electrons. The first-order chi connectivity index (χ1) is 32.6. The van der Waals surface area contributed by atoms with Crippen LogP contribution in [0.25, 0.3) is 27.8 Å². The van der Waals surface area contributed by atoms with E-state index < -0.39 is 0 Å². The molecule has 0 heterocycles. The van der Waals surface area contributed by atoms with Crippen LogP contribution in [0.5, 0.6) is 0 Å². The van der Waals surface area contributed by atoms with Crippen LogP contribution in [0.2, 0.25) is 0 Å². The number of benzene rings is 5. The van der Waals surface area contributed by atoms with Crippen molar-refractivity contribution in [3.05, 3.63) is 258 Å². The molecule has 5 aromatic carbocycles. The topological polar surface area (TPSA) is 3.24 Å². The second-order valence-corrected chi connectivity index (χ2v) is 18.9. The van der Waals surface area contributed by atoms with Crippen molar-refractivity contribution in [2.24, 2.45) is 11.8 Å². The van der Waals surface area contributed by atoms with Gasteiger partial charge in [-0.25, -0.2) is 0 Å². The van der Waals surface area contributed by atoms with Crippen molar-refractivity contribution >= 4 is 16.9 Å². The molecule has 5 aliphatic rings. The fraction of sp³-hybridized carbons (Fsp3) is 0.231. The van der Waals surface area contributed by atoms with E-state index in [0.29, 0.717) is 17.8 Å². The standard InChI is InChI=1S/C65H63N/c1-48(44-62(61-27-15-26-60(47-61)54-23-12-5-13-24-54)46-49-16-14-25-59(45-49)53-21-10-4-11-22-53)50-28-30-55(31-29-50)58-36-42-65(43-37-58)66(63-38-32-56(33-39-63)51-17-6-2-7-18-51)64-40-34-57(35-41-64)52-19-8-3-9-20-52/h4-6,8,10-12,14-23,25-40,42-43,45,48,60,62,64H,2-3,7,9,13,24,41,44,46-47H2,1H3/t48-,60?,62?,64?/m1/s1. The first-order valence-electron chi connectivity index (χ1n) is 24.7. The molecule has 0 aromatic heterocycles. The van der Waals surface area contributed by atoms with Crippen LogP contribution < -0.4 is 4.90 Å². The lowest BCUT2D eigenvalue weighted by Gasteiger charge is -2.33. The van der Waals surface area contributed by atoms with E-state index in [2.05, 4.69) is 230 Å². The van der Waals surface area contributed by atoms with Crippen LogP contribution >= 0.6 is 0 Å². The highest BCUT2D eigenvalue weighted by Gasteiger charge is 2.26. The van der Waals surface area contributed by atoms with Gasteiger partial charge in [0.05, 0.1) is 6.04 Å². The van der Waals surface area contributed by atoms with Gasteiger partial charge in [0.2, 0.25) is 0 Å². The van der Waals surface area contributed by atoms with Crippen molar-refractivity contribution in [2.45, 2.75) is 83.1 Å². The summed E-state index contributed by atoms with van der Waals surface area (Å²) in [6, 6.07) is 48.2. The van der Waals surface area contributed by atoms with Crippen molar-refractivity contribution in [1.29, 1.82) is 0 Å². The van der Waals surface area contributed by atoms with Gasteiger partial charge in [-0.1, -0.05) is 212 Å². The van der Waals surface area contributed by atoms with Crippen molar-refractivity contribution in [3.8, 4) is 22.3 Å². The van der Waals surface area contributed by atoms with Gasteiger partial charge in [-0.15, -0.1) is 0 Å². The Bertz CT molecular complexity index is 2790. The molecule has 10 rings (SSSR count). The Balaban J connectivity index is 0.872. The smallest absolute Gasteiger partial charge is 0.0560 e. The summed E-state index contributed by atoms with van der Waals surface area (Å²) in [5, 5.41) is 0. The molecule has 0 saturated carbocycles. The van der Waals surface area contributed by atoms with Gasteiger partial charge in [-0.3, -0.25) is 0 Å². The van der Waals surface area contributed by atoms with E-state index >= 15 is 0 Å². The molecule has 1 nitrogen and oxygen atoms in total. The van der Waals surface area contributed by atoms with Gasteiger partial charge in [0.25, 0.3) is 0 Å². The lowest BCUT2D eigenvalue weighted by Crippen LogP contribution is -2.30. The summed E-state index contributed by atoms with van der Waals surface area (Å²) in [5.41, 5.74) is 18.8. The van der Waals surface area contributed by atoms with Crippen molar-refractivity contribution in [1.82, 2.24) is 0 Å². The summed E-state index contributed by atoms with van der Waals surface area (Å²) < 4.78 is 0. The third-order valence-corrected chi connectivity index (χ3v) is 14.5. The summed E-state index contributed by atoms with van der Waals surface area (Å²) in [6.45, 7) is 2.44. The lowest BCUT2D eigenvalue weighted by molar-refractivity contribution is 0.476. The largest absolute Gasteiger partial charge is 0.334 e. The molecule has 4 atom stereocenters. The molecule has 0 N–H and O–H groups in total. The second kappa shape index (κ2) is 20.6. The number of anilines is 2. The molecule has 5 aromatic rings. The van der Waals surface area contributed by atoms with Crippen molar-refractivity contribution < 1.29 is 0 Å². The quantitative estimate of drug-likeness (QED) is 0.108. The van der Waals surface area contributed by atoms with Gasteiger partial charge in [-0.2, -0.15) is 0 Å². The Morgan fingerprint density at radius 3 is 1.88 bits per heavy atom. The highest BCUT2D eigenvalue weighted by atomic mass is 15.2. The van der Waals surface area contributed by atoms with E-state index in [4.69, 9.17) is 0 Å². The predicted molar refractivity (Wildman–Crippen MR) is 283 cm³/mol. The van der Waals surface area contributed by atoms with E-state index in [0.717, 1.165) is 57.8 Å². The minimum atomic E-state index is 0.220. The molecule has 3 unspecified atom stereocenters. The Morgan fingerprint density at radius 2 is 1.21 bits per heavy atom. The summed E-state index contributed by atoms with van der Waals surface area (Å²) in [7, 11) is 0. The first-order valence-corrected chi connectivity index (χ1v) is 24.7. The van der Waals surface area contributed by atoms with Crippen molar-refractivity contribution in [3.63, 3.8) is 0 Å². The summed E-state index contributed by atoms with van der Waals surface area (Å²) in [6.07, 6.45) is 46.3. The van der Waals surface area contributed by atoms with Crippen LogP contribution in [0.15, 0.2) is 241 Å². The summed E-state index contributed by atoms with van der Waals surface area (Å²) in [4.78, 5) is 2.52. The van der Waals surface area contributed by atoms with Crippen LogP contribution in [0.1, 0.15) is 87.3 Å². The molecule has 0 aliphatic heterocycles. The number of nitrogens with zero attached hydrogens (tertiary/aromatic N) is 1. The molecule has 1 heteroatoms. The minimum Gasteiger partial charge on any atom is -0.334 e. The number of hydrogen-bond acceptors (Lipinski definition) is 1. The van der Waals surface area contributed by atoms with E-state index in [1.807, 2.05) is 0 Å². The SMILES string of the molecule is C[C@H](CC(Cc1cccc(-c2ccccc2)c1)C1=CC=CC(C2=CC=CCC2)C1)c1ccc(-c2ccc(N(c3ccc(C4=CCCC=C4)cc3)C3C=CC(C4=CCCC=C4)=CC3)cc2)cc1. The van der Waals surface area contributed by atoms with Crippen LogP contribution in [0.3, 0.4) is 0 Å². The normalized spacial score (nSPS) is 19.9. The molecule has 66 heavy (non-hydrogen) atoms.